The molecule has 8 nitrogen and oxygen atoms in total. The van der Waals surface area contributed by atoms with E-state index in [4.69, 9.17) is 9.88 Å². The van der Waals surface area contributed by atoms with Crippen LogP contribution in [0.4, 0.5) is 0 Å². The van der Waals surface area contributed by atoms with Gasteiger partial charge in [0.25, 0.3) is 5.91 Å². The van der Waals surface area contributed by atoms with Gasteiger partial charge in [-0.3, -0.25) is 4.79 Å². The Labute approximate surface area is 123 Å². The molecule has 1 rings (SSSR count). The Morgan fingerprint density at radius 2 is 1.90 bits per heavy atom. The van der Waals surface area contributed by atoms with Crippen molar-refractivity contribution in [3.63, 3.8) is 0 Å². The third kappa shape index (κ3) is 5.33. The first-order valence-corrected chi connectivity index (χ1v) is 9.32. The van der Waals surface area contributed by atoms with Gasteiger partial charge >= 0.3 is 0 Å². The summed E-state index contributed by atoms with van der Waals surface area (Å²) in [6.07, 6.45) is 1.05. The Morgan fingerprint density at radius 1 is 1.29 bits per heavy atom. The average Bonchev–Trinajstić information content (AvgIpc) is 2.35. The molecule has 10 heteroatoms. The number of amides is 1. The maximum absolute atomic E-state index is 11.8. The summed E-state index contributed by atoms with van der Waals surface area (Å²) in [6, 6.07) is 3.72. The molecule has 1 amide bonds. The van der Waals surface area contributed by atoms with Gasteiger partial charge in [-0.15, -0.1) is 0 Å². The number of sulfone groups is 1. The van der Waals surface area contributed by atoms with Crippen LogP contribution in [0.3, 0.4) is 0 Å². The molecule has 1 aromatic carbocycles. The minimum absolute atomic E-state index is 0.0187. The molecule has 0 aromatic heterocycles. The number of hydrogen-bond donors (Lipinski definition) is 2. The standard InChI is InChI=1S/C11H16N2O6S2/c1-19-9-4-3-8(7-10(9)21(12,17)18)11(14)13-5-6-20(2,15)16/h3-4,7H,5-6H2,1-2H3,(H,13,14)(H2,12,17,18). The lowest BCUT2D eigenvalue weighted by Gasteiger charge is -2.09. The van der Waals surface area contributed by atoms with Crippen LogP contribution < -0.4 is 15.2 Å². The predicted octanol–water partition coefficient (Wildman–Crippen LogP) is -0.883. The number of rotatable bonds is 6. The maximum Gasteiger partial charge on any atom is 0.251 e. The van der Waals surface area contributed by atoms with Crippen LogP contribution in [0, 0.1) is 0 Å². The van der Waals surface area contributed by atoms with Gasteiger partial charge in [-0.25, -0.2) is 22.0 Å². The predicted molar refractivity (Wildman–Crippen MR) is 76.4 cm³/mol. The van der Waals surface area contributed by atoms with E-state index in [-0.39, 0.29) is 28.5 Å². The lowest BCUT2D eigenvalue weighted by Crippen LogP contribution is -2.29. The number of hydrogen-bond acceptors (Lipinski definition) is 6. The van der Waals surface area contributed by atoms with Crippen LogP contribution in [-0.2, 0) is 19.9 Å². The van der Waals surface area contributed by atoms with Crippen molar-refractivity contribution < 1.29 is 26.4 Å². The zero-order valence-corrected chi connectivity index (χ0v) is 13.1. The van der Waals surface area contributed by atoms with Gasteiger partial charge in [0.05, 0.1) is 12.9 Å². The third-order valence-corrected chi connectivity index (χ3v) is 4.37. The van der Waals surface area contributed by atoms with E-state index in [1.54, 1.807) is 0 Å². The number of ether oxygens (including phenoxy) is 1. The second-order valence-corrected chi connectivity index (χ2v) is 8.09. The summed E-state index contributed by atoms with van der Waals surface area (Å²) in [5, 5.41) is 7.42. The first-order valence-electron chi connectivity index (χ1n) is 5.71. The molecule has 0 radical (unpaired) electrons. The largest absolute Gasteiger partial charge is 0.495 e. The Balaban J connectivity index is 2.97. The minimum Gasteiger partial charge on any atom is -0.495 e. The second kappa shape index (κ2) is 6.41. The summed E-state index contributed by atoms with van der Waals surface area (Å²) in [5.41, 5.74) is 0.0355. The highest BCUT2D eigenvalue weighted by Crippen LogP contribution is 2.23. The zero-order valence-electron chi connectivity index (χ0n) is 11.5. The molecule has 0 bridgehead atoms. The fraction of sp³-hybridized carbons (Fsp3) is 0.364. The van der Waals surface area contributed by atoms with Crippen molar-refractivity contribution in [1.82, 2.24) is 5.32 Å². The number of nitrogens with two attached hydrogens (primary N) is 1. The smallest absolute Gasteiger partial charge is 0.251 e. The number of primary sulfonamides is 1. The fourth-order valence-corrected chi connectivity index (χ4v) is 2.69. The molecule has 0 unspecified atom stereocenters. The Hall–Kier alpha value is -1.65. The molecule has 0 aliphatic rings. The lowest BCUT2D eigenvalue weighted by atomic mass is 10.2. The van der Waals surface area contributed by atoms with E-state index in [0.29, 0.717) is 0 Å². The molecule has 118 valence electrons. The highest BCUT2D eigenvalue weighted by molar-refractivity contribution is 7.90. The number of methoxy groups -OCH3 is 1. The molecule has 0 fully saturated rings. The SMILES string of the molecule is COc1ccc(C(=O)NCCS(C)(=O)=O)cc1S(N)(=O)=O. The normalized spacial score (nSPS) is 12.0. The van der Waals surface area contributed by atoms with Crippen LogP contribution in [0.1, 0.15) is 10.4 Å². The minimum atomic E-state index is -4.05. The van der Waals surface area contributed by atoms with Gasteiger partial charge in [-0.2, -0.15) is 0 Å². The van der Waals surface area contributed by atoms with Crippen molar-refractivity contribution in [3.05, 3.63) is 23.8 Å². The number of sulfonamides is 1. The van der Waals surface area contributed by atoms with E-state index in [2.05, 4.69) is 5.32 Å². The van der Waals surface area contributed by atoms with Crippen LogP contribution >= 0.6 is 0 Å². The first-order chi connectivity index (χ1) is 9.54. The van der Waals surface area contributed by atoms with Crippen molar-refractivity contribution in [2.24, 2.45) is 5.14 Å². The maximum atomic E-state index is 11.8. The van der Waals surface area contributed by atoms with Crippen LogP contribution in [0.15, 0.2) is 23.1 Å². The van der Waals surface area contributed by atoms with Gasteiger partial charge < -0.3 is 10.1 Å². The van der Waals surface area contributed by atoms with Crippen molar-refractivity contribution in [1.29, 1.82) is 0 Å². The van der Waals surface area contributed by atoms with Gasteiger partial charge in [0.2, 0.25) is 10.0 Å². The lowest BCUT2D eigenvalue weighted by molar-refractivity contribution is 0.0956. The van der Waals surface area contributed by atoms with E-state index in [0.717, 1.165) is 12.3 Å². The van der Waals surface area contributed by atoms with E-state index < -0.39 is 25.8 Å². The van der Waals surface area contributed by atoms with Gasteiger partial charge in [-0.1, -0.05) is 0 Å². The molecule has 3 N–H and O–H groups in total. The van der Waals surface area contributed by atoms with Crippen LogP contribution in [0.2, 0.25) is 0 Å². The number of nitrogens with one attached hydrogen (secondary N) is 1. The molecule has 0 heterocycles. The average molecular weight is 336 g/mol. The third-order valence-electron chi connectivity index (χ3n) is 2.49. The Bertz CT molecular complexity index is 740. The zero-order chi connectivity index (χ0) is 16.3. The molecular weight excluding hydrogens is 320 g/mol. The van der Waals surface area contributed by atoms with Crippen LogP contribution in [-0.4, -0.2) is 48.4 Å². The summed E-state index contributed by atoms with van der Waals surface area (Å²) < 4.78 is 49.6. The van der Waals surface area contributed by atoms with E-state index in [9.17, 15) is 21.6 Å². The summed E-state index contributed by atoms with van der Waals surface area (Å²) in [4.78, 5) is 11.5. The second-order valence-electron chi connectivity index (χ2n) is 4.30. The van der Waals surface area contributed by atoms with Crippen molar-refractivity contribution in [3.8, 4) is 5.75 Å². The fourth-order valence-electron chi connectivity index (χ4n) is 1.49. The highest BCUT2D eigenvalue weighted by atomic mass is 32.2. The number of carbonyl (C=O) groups is 1. The summed E-state index contributed by atoms with van der Waals surface area (Å²) in [5.74, 6) is -0.798. The van der Waals surface area contributed by atoms with Crippen LogP contribution in [0.5, 0.6) is 5.75 Å². The van der Waals surface area contributed by atoms with Gasteiger partial charge in [0.15, 0.2) is 0 Å². The molecule has 0 aliphatic heterocycles. The van der Waals surface area contributed by atoms with E-state index >= 15 is 0 Å². The van der Waals surface area contributed by atoms with Crippen LogP contribution in [0.25, 0.3) is 0 Å². The molecule has 0 spiro atoms. The summed E-state index contributed by atoms with van der Waals surface area (Å²) in [6.45, 7) is -0.0750. The summed E-state index contributed by atoms with van der Waals surface area (Å²) >= 11 is 0. The number of carbonyl (C=O) groups excluding carboxylic acids is 1. The molecule has 21 heavy (non-hydrogen) atoms. The molecule has 0 aliphatic carbocycles. The Morgan fingerprint density at radius 3 is 2.38 bits per heavy atom. The van der Waals surface area contributed by atoms with Crippen molar-refractivity contribution >= 4 is 25.8 Å². The van der Waals surface area contributed by atoms with Gasteiger partial charge in [0.1, 0.15) is 20.5 Å². The van der Waals surface area contributed by atoms with E-state index in [1.165, 1.54) is 19.2 Å². The topological polar surface area (TPSA) is 133 Å². The van der Waals surface area contributed by atoms with Crippen molar-refractivity contribution in [2.75, 3.05) is 25.7 Å². The van der Waals surface area contributed by atoms with E-state index in [1.807, 2.05) is 0 Å². The molecule has 0 saturated carbocycles. The Kier molecular flexibility index (Phi) is 5.31. The number of benzene rings is 1. The monoisotopic (exact) mass is 336 g/mol. The molecular formula is C11H16N2O6S2. The first kappa shape index (κ1) is 17.4. The molecule has 0 saturated heterocycles. The molecule has 1 aromatic rings. The quantitative estimate of drug-likeness (QED) is 0.693. The van der Waals surface area contributed by atoms with Crippen molar-refractivity contribution in [2.45, 2.75) is 4.90 Å². The van der Waals surface area contributed by atoms with Gasteiger partial charge in [-0.05, 0) is 18.2 Å². The highest BCUT2D eigenvalue weighted by Gasteiger charge is 2.18. The van der Waals surface area contributed by atoms with Gasteiger partial charge in [0, 0.05) is 18.4 Å². The summed E-state index contributed by atoms with van der Waals surface area (Å²) in [7, 11) is -5.97. The molecule has 0 atom stereocenters.